The monoisotopic (exact) mass is 265 g/mol. The van der Waals surface area contributed by atoms with Crippen LogP contribution < -0.4 is 10.6 Å². The molecule has 1 saturated heterocycles. The van der Waals surface area contributed by atoms with Gasteiger partial charge in [0.2, 0.25) is 5.91 Å². The minimum absolute atomic E-state index is 0.00235. The average molecular weight is 265 g/mol. The van der Waals surface area contributed by atoms with Crippen LogP contribution in [0.5, 0.6) is 0 Å². The van der Waals surface area contributed by atoms with Gasteiger partial charge < -0.3 is 10.6 Å². The van der Waals surface area contributed by atoms with E-state index in [0.29, 0.717) is 13.0 Å². The van der Waals surface area contributed by atoms with E-state index < -0.39 is 11.6 Å². The SMILES string of the molecule is N#Cc1cc(F)c(CNCC2CCC(=O)N2)c(F)c1. The molecule has 0 radical (unpaired) electrons. The summed E-state index contributed by atoms with van der Waals surface area (Å²) in [5.41, 5.74) is -0.134. The normalized spacial score (nSPS) is 18.2. The molecule has 1 aliphatic heterocycles. The number of benzene rings is 1. The molecular formula is C13H13F2N3O. The number of nitriles is 1. The number of halogens is 2. The average Bonchev–Trinajstić information content (AvgIpc) is 2.78. The summed E-state index contributed by atoms with van der Waals surface area (Å²) in [6, 6.07) is 3.73. The molecule has 1 atom stereocenters. The molecule has 1 unspecified atom stereocenters. The van der Waals surface area contributed by atoms with Crippen molar-refractivity contribution in [1.29, 1.82) is 5.26 Å². The minimum atomic E-state index is -0.737. The predicted molar refractivity (Wildman–Crippen MR) is 63.9 cm³/mol. The van der Waals surface area contributed by atoms with E-state index >= 15 is 0 Å². The van der Waals surface area contributed by atoms with Crippen LogP contribution in [0.25, 0.3) is 0 Å². The molecule has 1 heterocycles. The van der Waals surface area contributed by atoms with Crippen molar-refractivity contribution in [1.82, 2.24) is 10.6 Å². The quantitative estimate of drug-likeness (QED) is 0.860. The van der Waals surface area contributed by atoms with Gasteiger partial charge in [-0.25, -0.2) is 8.78 Å². The molecule has 1 aliphatic rings. The van der Waals surface area contributed by atoms with Crippen LogP contribution >= 0.6 is 0 Å². The zero-order chi connectivity index (χ0) is 13.8. The summed E-state index contributed by atoms with van der Waals surface area (Å²) < 4.78 is 27.1. The number of nitrogens with zero attached hydrogens (tertiary/aromatic N) is 1. The molecule has 0 spiro atoms. The van der Waals surface area contributed by atoms with Crippen LogP contribution in [0.15, 0.2) is 12.1 Å². The highest BCUT2D eigenvalue weighted by Crippen LogP contribution is 2.15. The van der Waals surface area contributed by atoms with E-state index in [9.17, 15) is 13.6 Å². The van der Waals surface area contributed by atoms with Gasteiger partial charge in [0.25, 0.3) is 0 Å². The topological polar surface area (TPSA) is 64.9 Å². The van der Waals surface area contributed by atoms with E-state index in [2.05, 4.69) is 10.6 Å². The number of nitrogens with one attached hydrogen (secondary N) is 2. The number of hydrogen-bond acceptors (Lipinski definition) is 3. The van der Waals surface area contributed by atoms with Crippen molar-refractivity contribution < 1.29 is 13.6 Å². The Morgan fingerprint density at radius 3 is 2.63 bits per heavy atom. The lowest BCUT2D eigenvalue weighted by Gasteiger charge is -2.12. The summed E-state index contributed by atoms with van der Waals surface area (Å²) in [6.07, 6.45) is 1.22. The maximum absolute atomic E-state index is 13.6. The summed E-state index contributed by atoms with van der Waals surface area (Å²) >= 11 is 0. The van der Waals surface area contributed by atoms with Gasteiger partial charge in [0.15, 0.2) is 0 Å². The fourth-order valence-electron chi connectivity index (χ4n) is 2.04. The number of rotatable bonds is 4. The Labute approximate surface area is 109 Å². The second kappa shape index (κ2) is 5.76. The number of carbonyl (C=O) groups is 1. The van der Waals surface area contributed by atoms with E-state index in [4.69, 9.17) is 5.26 Å². The third-order valence-corrected chi connectivity index (χ3v) is 3.05. The van der Waals surface area contributed by atoms with Gasteiger partial charge in [0, 0.05) is 31.1 Å². The van der Waals surface area contributed by atoms with E-state index in [1.165, 1.54) is 0 Å². The van der Waals surface area contributed by atoms with E-state index in [1.54, 1.807) is 6.07 Å². The largest absolute Gasteiger partial charge is 0.352 e. The Balaban J connectivity index is 1.93. The molecule has 1 aromatic carbocycles. The lowest BCUT2D eigenvalue weighted by atomic mass is 10.1. The lowest BCUT2D eigenvalue weighted by molar-refractivity contribution is -0.119. The van der Waals surface area contributed by atoms with Gasteiger partial charge in [-0.2, -0.15) is 5.26 Å². The summed E-state index contributed by atoms with van der Waals surface area (Å²) in [6.45, 7) is 0.486. The summed E-state index contributed by atoms with van der Waals surface area (Å²) in [4.78, 5) is 11.0. The maximum Gasteiger partial charge on any atom is 0.220 e. The van der Waals surface area contributed by atoms with Crippen LogP contribution in [0.2, 0.25) is 0 Å². The van der Waals surface area contributed by atoms with Crippen molar-refractivity contribution in [3.63, 3.8) is 0 Å². The molecule has 6 heteroatoms. The molecular weight excluding hydrogens is 252 g/mol. The van der Waals surface area contributed by atoms with Crippen LogP contribution in [-0.4, -0.2) is 18.5 Å². The second-order valence-corrected chi connectivity index (χ2v) is 4.46. The fraction of sp³-hybridized carbons (Fsp3) is 0.385. The van der Waals surface area contributed by atoms with Crippen LogP contribution in [0.3, 0.4) is 0 Å². The van der Waals surface area contributed by atoms with E-state index in [-0.39, 0.29) is 29.6 Å². The molecule has 0 aromatic heterocycles. The highest BCUT2D eigenvalue weighted by atomic mass is 19.1. The molecule has 0 bridgehead atoms. The molecule has 1 aromatic rings. The molecule has 1 fully saturated rings. The van der Waals surface area contributed by atoms with Crippen molar-refractivity contribution in [3.05, 3.63) is 34.9 Å². The summed E-state index contributed by atoms with van der Waals surface area (Å²) in [5.74, 6) is -1.47. The Morgan fingerprint density at radius 2 is 2.11 bits per heavy atom. The number of amides is 1. The molecule has 2 rings (SSSR count). The first kappa shape index (κ1) is 13.4. The van der Waals surface area contributed by atoms with Gasteiger partial charge in [-0.3, -0.25) is 4.79 Å². The van der Waals surface area contributed by atoms with Crippen LogP contribution in [0, 0.1) is 23.0 Å². The highest BCUT2D eigenvalue weighted by molar-refractivity contribution is 5.78. The highest BCUT2D eigenvalue weighted by Gasteiger charge is 2.20. The van der Waals surface area contributed by atoms with Crippen LogP contribution in [0.4, 0.5) is 8.78 Å². The minimum Gasteiger partial charge on any atom is -0.352 e. The standard InChI is InChI=1S/C13H13F2N3O/c14-11-3-8(5-16)4-12(15)10(11)7-17-6-9-1-2-13(19)18-9/h3-4,9,17H,1-2,6-7H2,(H,18,19). The van der Waals surface area contributed by atoms with Crippen molar-refractivity contribution in [2.75, 3.05) is 6.54 Å². The smallest absolute Gasteiger partial charge is 0.220 e. The molecule has 4 nitrogen and oxygen atoms in total. The van der Waals surface area contributed by atoms with Gasteiger partial charge in [0.05, 0.1) is 11.6 Å². The van der Waals surface area contributed by atoms with E-state index in [1.807, 2.05) is 0 Å². The van der Waals surface area contributed by atoms with Gasteiger partial charge in [-0.05, 0) is 18.6 Å². The predicted octanol–water partition coefficient (Wildman–Crippen LogP) is 1.20. The van der Waals surface area contributed by atoms with Gasteiger partial charge >= 0.3 is 0 Å². The summed E-state index contributed by atoms with van der Waals surface area (Å²) in [7, 11) is 0. The number of hydrogen-bond donors (Lipinski definition) is 2. The third-order valence-electron chi connectivity index (χ3n) is 3.05. The second-order valence-electron chi connectivity index (χ2n) is 4.46. The maximum atomic E-state index is 13.6. The van der Waals surface area contributed by atoms with Crippen LogP contribution in [-0.2, 0) is 11.3 Å². The van der Waals surface area contributed by atoms with Crippen molar-refractivity contribution >= 4 is 5.91 Å². The lowest BCUT2D eigenvalue weighted by Crippen LogP contribution is -2.35. The van der Waals surface area contributed by atoms with Gasteiger partial charge in [0.1, 0.15) is 11.6 Å². The fourth-order valence-corrected chi connectivity index (χ4v) is 2.04. The Morgan fingerprint density at radius 1 is 1.42 bits per heavy atom. The summed E-state index contributed by atoms with van der Waals surface area (Å²) in [5, 5.41) is 14.2. The van der Waals surface area contributed by atoms with Gasteiger partial charge in [-0.1, -0.05) is 0 Å². The first-order valence-electron chi connectivity index (χ1n) is 5.98. The molecule has 0 saturated carbocycles. The Kier molecular flexibility index (Phi) is 4.07. The van der Waals surface area contributed by atoms with Crippen molar-refractivity contribution in [3.8, 4) is 6.07 Å². The first-order valence-corrected chi connectivity index (χ1v) is 5.98. The Bertz CT molecular complexity index is 516. The van der Waals surface area contributed by atoms with Gasteiger partial charge in [-0.15, -0.1) is 0 Å². The number of carbonyl (C=O) groups excluding carboxylic acids is 1. The van der Waals surface area contributed by atoms with Crippen molar-refractivity contribution in [2.45, 2.75) is 25.4 Å². The first-order chi connectivity index (χ1) is 9.10. The third kappa shape index (κ3) is 3.26. The zero-order valence-corrected chi connectivity index (χ0v) is 10.2. The molecule has 19 heavy (non-hydrogen) atoms. The van der Waals surface area contributed by atoms with Crippen LogP contribution in [0.1, 0.15) is 24.0 Å². The molecule has 2 N–H and O–H groups in total. The molecule has 100 valence electrons. The molecule has 1 amide bonds. The van der Waals surface area contributed by atoms with Crippen molar-refractivity contribution in [2.24, 2.45) is 0 Å². The molecule has 0 aliphatic carbocycles. The Hall–Kier alpha value is -2.00. The zero-order valence-electron chi connectivity index (χ0n) is 10.2. The van der Waals surface area contributed by atoms with E-state index in [0.717, 1.165) is 18.6 Å².